The highest BCUT2D eigenvalue weighted by Gasteiger charge is 2.39. The largest absolute Gasteiger partial charge is 0.388 e. The van der Waals surface area contributed by atoms with E-state index in [2.05, 4.69) is 0 Å². The van der Waals surface area contributed by atoms with Crippen molar-refractivity contribution >= 4 is 0 Å². The van der Waals surface area contributed by atoms with Crippen molar-refractivity contribution in [3.05, 3.63) is 53.5 Å². The fourth-order valence-electron chi connectivity index (χ4n) is 1.25. The van der Waals surface area contributed by atoms with E-state index in [1.54, 1.807) is 0 Å². The fraction of sp³-hybridized carbons (Fsp3) is 0.333. The second kappa shape index (κ2) is 3.92. The molecule has 0 saturated carbocycles. The maximum atomic E-state index is 10.5. The van der Waals surface area contributed by atoms with Crippen molar-refractivity contribution in [1.29, 1.82) is 0 Å². The van der Waals surface area contributed by atoms with Gasteiger partial charge in [-0.1, -0.05) is 0 Å². The number of rotatable bonds is 3. The molecule has 0 fully saturated rings. The first kappa shape index (κ1) is 11.6. The molecule has 86 valence electrons. The van der Waals surface area contributed by atoms with E-state index >= 15 is 0 Å². The summed E-state index contributed by atoms with van der Waals surface area (Å²) < 4.78 is 0. The Kier molecular flexibility index (Phi) is 2.83. The van der Waals surface area contributed by atoms with Crippen molar-refractivity contribution in [1.82, 2.24) is 0 Å². The van der Waals surface area contributed by atoms with Crippen LogP contribution in [0.1, 0.15) is 6.42 Å². The van der Waals surface area contributed by atoms with Crippen molar-refractivity contribution in [2.24, 2.45) is 5.73 Å². The van der Waals surface area contributed by atoms with Gasteiger partial charge in [0.05, 0.1) is 15.9 Å². The standard InChI is InChI=1S/C6H6N4O6/c7-6-4(9(13)14)1-3(8(11)12)2-5(6)10(15)16/h1,3H,2,7H2. The van der Waals surface area contributed by atoms with Crippen LogP contribution in [0, 0.1) is 30.3 Å². The third kappa shape index (κ3) is 1.94. The van der Waals surface area contributed by atoms with Crippen molar-refractivity contribution in [2.75, 3.05) is 0 Å². The van der Waals surface area contributed by atoms with Gasteiger partial charge in [0.2, 0.25) is 6.04 Å². The molecule has 10 heteroatoms. The van der Waals surface area contributed by atoms with Gasteiger partial charge in [0.25, 0.3) is 5.70 Å². The Morgan fingerprint density at radius 3 is 2.12 bits per heavy atom. The highest BCUT2D eigenvalue weighted by molar-refractivity contribution is 5.30. The van der Waals surface area contributed by atoms with Gasteiger partial charge in [0, 0.05) is 4.92 Å². The van der Waals surface area contributed by atoms with Crippen LogP contribution in [-0.4, -0.2) is 20.8 Å². The fourth-order valence-corrected chi connectivity index (χ4v) is 1.25. The normalized spacial score (nSPS) is 20.2. The highest BCUT2D eigenvalue weighted by atomic mass is 16.6. The maximum Gasteiger partial charge on any atom is 0.301 e. The zero-order valence-corrected chi connectivity index (χ0v) is 7.73. The Bertz CT molecular complexity index is 438. The maximum absolute atomic E-state index is 10.5. The van der Waals surface area contributed by atoms with Crippen molar-refractivity contribution in [3.63, 3.8) is 0 Å². The molecule has 0 saturated heterocycles. The zero-order valence-electron chi connectivity index (χ0n) is 7.73. The SMILES string of the molecule is NC1=C([N+](=O)[O-])CC([N+](=O)[O-])C=C1[N+](=O)[O-]. The molecule has 1 aliphatic rings. The Labute approximate surface area is 87.5 Å². The topological polar surface area (TPSA) is 155 Å². The smallest absolute Gasteiger partial charge is 0.301 e. The second-order valence-electron chi connectivity index (χ2n) is 2.98. The zero-order chi connectivity index (χ0) is 12.5. The molecule has 0 bridgehead atoms. The van der Waals surface area contributed by atoms with Crippen LogP contribution in [0.25, 0.3) is 0 Å². The Hall–Kier alpha value is -2.52. The van der Waals surface area contributed by atoms with Gasteiger partial charge in [-0.05, 0) is 0 Å². The van der Waals surface area contributed by atoms with Gasteiger partial charge in [0.15, 0.2) is 5.70 Å². The predicted molar refractivity (Wildman–Crippen MR) is 48.7 cm³/mol. The van der Waals surface area contributed by atoms with Crippen LogP contribution in [0.2, 0.25) is 0 Å². The molecule has 1 rings (SSSR count). The number of nitrogens with zero attached hydrogens (tertiary/aromatic N) is 3. The van der Waals surface area contributed by atoms with Crippen LogP contribution < -0.4 is 5.73 Å². The molecule has 0 amide bonds. The average molecular weight is 230 g/mol. The average Bonchev–Trinajstić information content (AvgIpc) is 2.16. The van der Waals surface area contributed by atoms with Gasteiger partial charge in [-0.25, -0.2) is 0 Å². The molecule has 0 heterocycles. The summed E-state index contributed by atoms with van der Waals surface area (Å²) in [6, 6.07) is -1.49. The monoisotopic (exact) mass is 230 g/mol. The molecular formula is C6H6N4O6. The van der Waals surface area contributed by atoms with E-state index in [0.717, 1.165) is 0 Å². The van der Waals surface area contributed by atoms with Gasteiger partial charge in [-0.3, -0.25) is 30.3 Å². The van der Waals surface area contributed by atoms with Crippen LogP contribution in [0.4, 0.5) is 0 Å². The quantitative estimate of drug-likeness (QED) is 0.512. The van der Waals surface area contributed by atoms with Crippen LogP contribution in [0.5, 0.6) is 0 Å². The van der Waals surface area contributed by atoms with Gasteiger partial charge in [-0.15, -0.1) is 0 Å². The summed E-state index contributed by atoms with van der Waals surface area (Å²) in [4.78, 5) is 28.7. The van der Waals surface area contributed by atoms with Gasteiger partial charge in [0.1, 0.15) is 6.42 Å². The minimum absolute atomic E-state index is 0.552. The van der Waals surface area contributed by atoms with E-state index in [9.17, 15) is 30.3 Å². The van der Waals surface area contributed by atoms with Crippen LogP contribution in [0.15, 0.2) is 23.2 Å². The molecule has 0 aromatic heterocycles. The van der Waals surface area contributed by atoms with E-state index < -0.39 is 44.3 Å². The van der Waals surface area contributed by atoms with Gasteiger partial charge < -0.3 is 5.73 Å². The van der Waals surface area contributed by atoms with Crippen LogP contribution in [-0.2, 0) is 0 Å². The molecule has 0 radical (unpaired) electrons. The first-order chi connectivity index (χ1) is 7.34. The number of nitro groups is 3. The molecule has 0 aromatic rings. The van der Waals surface area contributed by atoms with E-state index in [-0.39, 0.29) is 0 Å². The molecule has 1 unspecified atom stereocenters. The lowest BCUT2D eigenvalue weighted by Gasteiger charge is -2.10. The van der Waals surface area contributed by atoms with E-state index in [1.807, 2.05) is 0 Å². The predicted octanol–water partition coefficient (Wildman–Crippen LogP) is -0.357. The van der Waals surface area contributed by atoms with E-state index in [1.165, 1.54) is 0 Å². The summed E-state index contributed by atoms with van der Waals surface area (Å²) in [7, 11) is 0. The summed E-state index contributed by atoms with van der Waals surface area (Å²) in [6.45, 7) is 0. The lowest BCUT2D eigenvalue weighted by molar-refractivity contribution is -0.521. The number of hydrogen-bond acceptors (Lipinski definition) is 7. The van der Waals surface area contributed by atoms with Gasteiger partial charge in [-0.2, -0.15) is 0 Å². The third-order valence-electron chi connectivity index (χ3n) is 2.03. The molecule has 1 atom stereocenters. The summed E-state index contributed by atoms with van der Waals surface area (Å²) in [6.07, 6.45) is 0.158. The lowest BCUT2D eigenvalue weighted by atomic mass is 10.0. The lowest BCUT2D eigenvalue weighted by Crippen LogP contribution is -2.29. The van der Waals surface area contributed by atoms with Crippen LogP contribution in [0.3, 0.4) is 0 Å². The summed E-state index contributed by atoms with van der Waals surface area (Å²) in [5, 5.41) is 31.4. The first-order valence-corrected chi connectivity index (χ1v) is 3.97. The number of hydrogen-bond donors (Lipinski definition) is 1. The Balaban J connectivity index is 3.25. The second-order valence-corrected chi connectivity index (χ2v) is 2.98. The first-order valence-electron chi connectivity index (χ1n) is 3.97. The van der Waals surface area contributed by atoms with Crippen molar-refractivity contribution < 1.29 is 14.8 Å². The molecule has 1 aliphatic carbocycles. The summed E-state index contributed by atoms with van der Waals surface area (Å²) >= 11 is 0. The Morgan fingerprint density at radius 2 is 1.75 bits per heavy atom. The molecular weight excluding hydrogens is 224 g/mol. The number of nitrogens with two attached hydrogens (primary N) is 1. The third-order valence-corrected chi connectivity index (χ3v) is 2.03. The molecule has 0 aliphatic heterocycles. The van der Waals surface area contributed by atoms with E-state index in [4.69, 9.17) is 5.73 Å². The minimum Gasteiger partial charge on any atom is -0.388 e. The molecule has 16 heavy (non-hydrogen) atoms. The summed E-state index contributed by atoms with van der Waals surface area (Å²) in [5.74, 6) is 0. The molecule has 2 N–H and O–H groups in total. The van der Waals surface area contributed by atoms with Crippen molar-refractivity contribution in [2.45, 2.75) is 12.5 Å². The van der Waals surface area contributed by atoms with E-state index in [0.29, 0.717) is 6.08 Å². The summed E-state index contributed by atoms with van der Waals surface area (Å²) in [5.41, 5.74) is 3.07. The molecule has 0 spiro atoms. The van der Waals surface area contributed by atoms with Gasteiger partial charge >= 0.3 is 5.70 Å². The highest BCUT2D eigenvalue weighted by Crippen LogP contribution is 2.24. The molecule has 10 nitrogen and oxygen atoms in total. The Morgan fingerprint density at radius 1 is 1.19 bits per heavy atom. The van der Waals surface area contributed by atoms with Crippen LogP contribution >= 0.6 is 0 Å². The van der Waals surface area contributed by atoms with Crippen molar-refractivity contribution in [3.8, 4) is 0 Å². The minimum atomic E-state index is -1.49. The molecule has 0 aromatic carbocycles.